The van der Waals surface area contributed by atoms with E-state index in [1.807, 2.05) is 18.2 Å². The summed E-state index contributed by atoms with van der Waals surface area (Å²) in [5, 5.41) is 3.22. The Hall–Kier alpha value is -2.73. The van der Waals surface area contributed by atoms with Gasteiger partial charge in [-0.25, -0.2) is 0 Å². The fourth-order valence-corrected chi connectivity index (χ4v) is 3.82. The minimum Gasteiger partial charge on any atom is -0.454 e. The summed E-state index contributed by atoms with van der Waals surface area (Å²) in [5.41, 5.74) is 9.51. The predicted molar refractivity (Wildman–Crippen MR) is 110 cm³/mol. The normalized spacial score (nSPS) is 18.1. The zero-order chi connectivity index (χ0) is 19.4. The molecule has 0 aromatic heterocycles. The van der Waals surface area contributed by atoms with Gasteiger partial charge in [-0.05, 0) is 54.7 Å². The second-order valence-corrected chi connectivity index (χ2v) is 7.34. The van der Waals surface area contributed by atoms with Gasteiger partial charge in [-0.3, -0.25) is 4.99 Å². The van der Waals surface area contributed by atoms with Crippen molar-refractivity contribution < 1.29 is 14.2 Å². The summed E-state index contributed by atoms with van der Waals surface area (Å²) in [7, 11) is 0. The van der Waals surface area contributed by atoms with Crippen molar-refractivity contribution in [1.82, 2.24) is 0 Å². The molecule has 0 radical (unpaired) electrons. The van der Waals surface area contributed by atoms with Gasteiger partial charge in [0.1, 0.15) is 0 Å². The first-order valence-corrected chi connectivity index (χ1v) is 9.82. The van der Waals surface area contributed by atoms with E-state index in [9.17, 15) is 0 Å². The molecule has 2 aliphatic heterocycles. The third-order valence-corrected chi connectivity index (χ3v) is 5.59. The van der Waals surface area contributed by atoms with Crippen LogP contribution in [-0.4, -0.2) is 32.5 Å². The van der Waals surface area contributed by atoms with E-state index in [-0.39, 0.29) is 12.2 Å². The van der Waals surface area contributed by atoms with Gasteiger partial charge in [0.05, 0.1) is 6.54 Å². The van der Waals surface area contributed by atoms with Gasteiger partial charge in [0, 0.05) is 24.3 Å². The number of rotatable bonds is 5. The molecule has 3 N–H and O–H groups in total. The van der Waals surface area contributed by atoms with Crippen LogP contribution in [0.4, 0.5) is 5.69 Å². The molecule has 0 spiro atoms. The van der Waals surface area contributed by atoms with Crippen LogP contribution in [-0.2, 0) is 16.6 Å². The minimum atomic E-state index is -0.114. The van der Waals surface area contributed by atoms with Crippen molar-refractivity contribution in [3.05, 3.63) is 53.6 Å². The SMILES string of the molecule is CCc1cccc(NC(N)=NCC2(c3ccc4c(c3)OCO4)CCOCC2)c1. The van der Waals surface area contributed by atoms with E-state index >= 15 is 0 Å². The molecule has 1 saturated heterocycles. The summed E-state index contributed by atoms with van der Waals surface area (Å²) in [6.45, 7) is 4.45. The molecule has 4 rings (SSSR count). The van der Waals surface area contributed by atoms with Crippen LogP contribution in [0.1, 0.15) is 30.9 Å². The molecule has 0 unspecified atom stereocenters. The monoisotopic (exact) mass is 381 g/mol. The third-order valence-electron chi connectivity index (χ3n) is 5.59. The molecule has 2 aromatic rings. The molecular weight excluding hydrogens is 354 g/mol. The summed E-state index contributed by atoms with van der Waals surface area (Å²) in [6.07, 6.45) is 2.78. The van der Waals surface area contributed by atoms with E-state index in [2.05, 4.69) is 36.5 Å². The van der Waals surface area contributed by atoms with Gasteiger partial charge in [0.25, 0.3) is 0 Å². The maximum absolute atomic E-state index is 6.20. The number of hydrogen-bond donors (Lipinski definition) is 2. The highest BCUT2D eigenvalue weighted by Crippen LogP contribution is 2.41. The Kier molecular flexibility index (Phi) is 5.39. The van der Waals surface area contributed by atoms with Crippen LogP contribution in [0.25, 0.3) is 0 Å². The highest BCUT2D eigenvalue weighted by atomic mass is 16.7. The van der Waals surface area contributed by atoms with E-state index < -0.39 is 0 Å². The van der Waals surface area contributed by atoms with E-state index in [1.165, 1.54) is 11.1 Å². The number of fused-ring (bicyclic) bond motifs is 1. The highest BCUT2D eigenvalue weighted by Gasteiger charge is 2.35. The quantitative estimate of drug-likeness (QED) is 0.613. The van der Waals surface area contributed by atoms with Crippen molar-refractivity contribution in [3.63, 3.8) is 0 Å². The number of anilines is 1. The molecule has 2 aromatic carbocycles. The Morgan fingerprint density at radius 2 is 1.93 bits per heavy atom. The number of nitrogens with one attached hydrogen (secondary N) is 1. The van der Waals surface area contributed by atoms with Gasteiger partial charge in [-0.15, -0.1) is 0 Å². The number of guanidine groups is 1. The Morgan fingerprint density at radius 1 is 1.11 bits per heavy atom. The molecule has 0 atom stereocenters. The van der Waals surface area contributed by atoms with Crippen LogP contribution in [0.3, 0.4) is 0 Å². The summed E-state index contributed by atoms with van der Waals surface area (Å²) >= 11 is 0. The lowest BCUT2D eigenvalue weighted by Gasteiger charge is -2.36. The first-order valence-electron chi connectivity index (χ1n) is 9.82. The van der Waals surface area contributed by atoms with Crippen LogP contribution in [0.5, 0.6) is 11.5 Å². The first kappa shape index (κ1) is 18.6. The predicted octanol–water partition coefficient (Wildman–Crippen LogP) is 3.45. The highest BCUT2D eigenvalue weighted by molar-refractivity contribution is 5.92. The molecular formula is C22H27N3O3. The average molecular weight is 381 g/mol. The van der Waals surface area contributed by atoms with Gasteiger partial charge in [-0.2, -0.15) is 0 Å². The molecule has 2 aliphatic rings. The summed E-state index contributed by atoms with van der Waals surface area (Å²) < 4.78 is 16.6. The molecule has 148 valence electrons. The molecule has 28 heavy (non-hydrogen) atoms. The molecule has 6 nitrogen and oxygen atoms in total. The Morgan fingerprint density at radius 3 is 2.75 bits per heavy atom. The maximum atomic E-state index is 6.20. The standard InChI is InChI=1S/C22H27N3O3/c1-2-16-4-3-5-18(12-16)25-21(23)24-14-22(8-10-26-11-9-22)17-6-7-19-20(13-17)28-15-27-19/h3-7,12-13H,2,8-11,14-15H2,1H3,(H3,23,24,25). The first-order chi connectivity index (χ1) is 13.7. The minimum absolute atomic E-state index is 0.114. The lowest BCUT2D eigenvalue weighted by molar-refractivity contribution is 0.0531. The second kappa shape index (κ2) is 8.10. The zero-order valence-corrected chi connectivity index (χ0v) is 16.2. The maximum Gasteiger partial charge on any atom is 0.231 e. The number of nitrogens with two attached hydrogens (primary N) is 1. The Balaban J connectivity index is 1.53. The topological polar surface area (TPSA) is 78.1 Å². The zero-order valence-electron chi connectivity index (χ0n) is 16.2. The van der Waals surface area contributed by atoms with E-state index in [0.29, 0.717) is 12.5 Å². The number of aliphatic imine (C=N–C) groups is 1. The largest absolute Gasteiger partial charge is 0.454 e. The van der Waals surface area contributed by atoms with Crippen LogP contribution in [0, 0.1) is 0 Å². The van der Waals surface area contributed by atoms with E-state index in [1.54, 1.807) is 0 Å². The number of hydrogen-bond acceptors (Lipinski definition) is 4. The summed E-state index contributed by atoms with van der Waals surface area (Å²) in [5.74, 6) is 2.03. The molecule has 2 heterocycles. The van der Waals surface area contributed by atoms with Crippen LogP contribution in [0.2, 0.25) is 0 Å². The van der Waals surface area contributed by atoms with Crippen molar-refractivity contribution in [1.29, 1.82) is 0 Å². The molecule has 0 amide bonds. The molecule has 0 saturated carbocycles. The molecule has 1 fully saturated rings. The smallest absolute Gasteiger partial charge is 0.231 e. The Labute approximate surface area is 165 Å². The van der Waals surface area contributed by atoms with Gasteiger partial charge in [-0.1, -0.05) is 25.1 Å². The summed E-state index contributed by atoms with van der Waals surface area (Å²) in [4.78, 5) is 4.70. The molecule has 0 bridgehead atoms. The number of benzene rings is 2. The van der Waals surface area contributed by atoms with E-state index in [4.69, 9.17) is 24.9 Å². The molecule has 6 heteroatoms. The summed E-state index contributed by atoms with van der Waals surface area (Å²) in [6, 6.07) is 14.4. The van der Waals surface area contributed by atoms with Gasteiger partial charge in [0.15, 0.2) is 17.5 Å². The van der Waals surface area contributed by atoms with Crippen molar-refractivity contribution in [2.24, 2.45) is 10.7 Å². The second-order valence-electron chi connectivity index (χ2n) is 7.34. The number of aryl methyl sites for hydroxylation is 1. The van der Waals surface area contributed by atoms with Crippen molar-refractivity contribution in [2.45, 2.75) is 31.6 Å². The van der Waals surface area contributed by atoms with Crippen molar-refractivity contribution >= 4 is 11.6 Å². The molecule has 0 aliphatic carbocycles. The van der Waals surface area contributed by atoms with Crippen molar-refractivity contribution in [3.8, 4) is 11.5 Å². The van der Waals surface area contributed by atoms with E-state index in [0.717, 1.165) is 49.7 Å². The number of nitrogens with zero attached hydrogens (tertiary/aromatic N) is 1. The average Bonchev–Trinajstić information content (AvgIpc) is 3.21. The van der Waals surface area contributed by atoms with Gasteiger partial charge < -0.3 is 25.3 Å². The van der Waals surface area contributed by atoms with Crippen LogP contribution >= 0.6 is 0 Å². The lowest BCUT2D eigenvalue weighted by atomic mass is 9.74. The van der Waals surface area contributed by atoms with Crippen LogP contribution < -0.4 is 20.5 Å². The fourth-order valence-electron chi connectivity index (χ4n) is 3.82. The van der Waals surface area contributed by atoms with Crippen molar-refractivity contribution in [2.75, 3.05) is 31.9 Å². The Bertz CT molecular complexity index is 860. The number of ether oxygens (including phenoxy) is 3. The van der Waals surface area contributed by atoms with Crippen LogP contribution in [0.15, 0.2) is 47.5 Å². The van der Waals surface area contributed by atoms with Gasteiger partial charge in [0.2, 0.25) is 6.79 Å². The lowest BCUT2D eigenvalue weighted by Crippen LogP contribution is -2.38. The third kappa shape index (κ3) is 3.92. The van der Waals surface area contributed by atoms with Gasteiger partial charge >= 0.3 is 0 Å². The fraction of sp³-hybridized carbons (Fsp3) is 0.409.